The standard InChI is InChI=1S/C17H14N4O/c1-11-7-14-15(19-11)3-2-4-16(14)20-17(22)12-5-6-21-10-18-9-13(21)8-12/h2-10,19H,1H3,(H,20,22). The van der Waals surface area contributed by atoms with Crippen LogP contribution >= 0.6 is 0 Å². The number of carbonyl (C=O) groups excluding carboxylic acids is 1. The number of anilines is 1. The molecule has 4 aromatic rings. The van der Waals surface area contributed by atoms with Crippen molar-refractivity contribution < 1.29 is 4.79 Å². The summed E-state index contributed by atoms with van der Waals surface area (Å²) in [4.78, 5) is 19.8. The Bertz CT molecular complexity index is 996. The topological polar surface area (TPSA) is 62.2 Å². The van der Waals surface area contributed by atoms with Crippen molar-refractivity contribution in [1.82, 2.24) is 14.4 Å². The molecule has 0 saturated carbocycles. The third-order valence-corrected chi connectivity index (χ3v) is 3.72. The van der Waals surface area contributed by atoms with E-state index in [2.05, 4.69) is 15.3 Å². The molecule has 1 amide bonds. The van der Waals surface area contributed by atoms with Gasteiger partial charge in [-0.3, -0.25) is 4.79 Å². The van der Waals surface area contributed by atoms with Crippen molar-refractivity contribution in [3.05, 3.63) is 66.4 Å². The fraction of sp³-hybridized carbons (Fsp3) is 0.0588. The molecule has 0 fully saturated rings. The molecule has 0 aliphatic rings. The van der Waals surface area contributed by atoms with Crippen LogP contribution in [0.3, 0.4) is 0 Å². The molecule has 0 aliphatic carbocycles. The molecule has 108 valence electrons. The zero-order valence-corrected chi connectivity index (χ0v) is 12.0. The maximum absolute atomic E-state index is 12.5. The Balaban J connectivity index is 1.70. The number of pyridine rings is 1. The van der Waals surface area contributed by atoms with Crippen molar-refractivity contribution in [3.8, 4) is 0 Å². The normalized spacial score (nSPS) is 11.1. The van der Waals surface area contributed by atoms with Crippen molar-refractivity contribution >= 4 is 28.0 Å². The number of H-pyrrole nitrogens is 1. The molecule has 0 atom stereocenters. The largest absolute Gasteiger partial charge is 0.359 e. The molecule has 1 aromatic carbocycles. The highest BCUT2D eigenvalue weighted by molar-refractivity contribution is 6.09. The fourth-order valence-corrected chi connectivity index (χ4v) is 2.66. The molecule has 3 aromatic heterocycles. The van der Waals surface area contributed by atoms with Crippen molar-refractivity contribution in [2.45, 2.75) is 6.92 Å². The smallest absolute Gasteiger partial charge is 0.255 e. The Labute approximate surface area is 126 Å². The monoisotopic (exact) mass is 290 g/mol. The molecule has 5 heteroatoms. The van der Waals surface area contributed by atoms with Crippen LogP contribution in [0.1, 0.15) is 16.1 Å². The number of aromatic nitrogens is 3. The zero-order valence-electron chi connectivity index (χ0n) is 12.0. The summed E-state index contributed by atoms with van der Waals surface area (Å²) >= 11 is 0. The molecule has 0 radical (unpaired) electrons. The number of carbonyl (C=O) groups is 1. The van der Waals surface area contributed by atoms with Crippen LogP contribution in [0, 0.1) is 6.92 Å². The molecule has 0 aliphatic heterocycles. The van der Waals surface area contributed by atoms with Gasteiger partial charge in [0, 0.05) is 28.4 Å². The molecular weight excluding hydrogens is 276 g/mol. The van der Waals surface area contributed by atoms with E-state index in [1.807, 2.05) is 47.9 Å². The molecular formula is C17H14N4O. The van der Waals surface area contributed by atoms with Crippen LogP contribution in [0.15, 0.2) is 55.1 Å². The van der Waals surface area contributed by atoms with Gasteiger partial charge in [0.15, 0.2) is 0 Å². The van der Waals surface area contributed by atoms with Crippen LogP contribution < -0.4 is 5.32 Å². The van der Waals surface area contributed by atoms with Gasteiger partial charge in [0.1, 0.15) is 0 Å². The van der Waals surface area contributed by atoms with E-state index in [1.165, 1.54) is 0 Å². The highest BCUT2D eigenvalue weighted by Gasteiger charge is 2.10. The summed E-state index contributed by atoms with van der Waals surface area (Å²) in [7, 11) is 0. The number of imidazole rings is 1. The molecule has 3 heterocycles. The van der Waals surface area contributed by atoms with Crippen molar-refractivity contribution in [3.63, 3.8) is 0 Å². The molecule has 22 heavy (non-hydrogen) atoms. The summed E-state index contributed by atoms with van der Waals surface area (Å²) in [5, 5.41) is 4.00. The van der Waals surface area contributed by atoms with E-state index < -0.39 is 0 Å². The lowest BCUT2D eigenvalue weighted by Crippen LogP contribution is -2.12. The van der Waals surface area contributed by atoms with E-state index in [1.54, 1.807) is 18.6 Å². The third kappa shape index (κ3) is 2.03. The first-order valence-corrected chi connectivity index (χ1v) is 7.02. The quantitative estimate of drug-likeness (QED) is 0.594. The van der Waals surface area contributed by atoms with Crippen LogP contribution in [0.2, 0.25) is 0 Å². The number of fused-ring (bicyclic) bond motifs is 2. The molecule has 0 saturated heterocycles. The van der Waals surface area contributed by atoms with Gasteiger partial charge in [0.2, 0.25) is 0 Å². The minimum Gasteiger partial charge on any atom is -0.359 e. The molecule has 0 bridgehead atoms. The van der Waals surface area contributed by atoms with Gasteiger partial charge in [-0.2, -0.15) is 0 Å². The van der Waals surface area contributed by atoms with Gasteiger partial charge in [-0.1, -0.05) is 6.07 Å². The first-order chi connectivity index (χ1) is 10.7. The van der Waals surface area contributed by atoms with Gasteiger partial charge in [-0.15, -0.1) is 0 Å². The Hall–Kier alpha value is -3.08. The summed E-state index contributed by atoms with van der Waals surface area (Å²) < 4.78 is 1.87. The Morgan fingerprint density at radius 1 is 1.27 bits per heavy atom. The number of rotatable bonds is 2. The average Bonchev–Trinajstić information content (AvgIpc) is 3.12. The number of nitrogens with zero attached hydrogens (tertiary/aromatic N) is 2. The predicted octanol–water partition coefficient (Wildman–Crippen LogP) is 3.38. The second-order valence-corrected chi connectivity index (χ2v) is 5.31. The van der Waals surface area contributed by atoms with Crippen molar-refractivity contribution in [2.75, 3.05) is 5.32 Å². The number of hydrogen-bond acceptors (Lipinski definition) is 2. The SMILES string of the molecule is Cc1cc2c(NC(=O)c3ccn4cncc4c3)cccc2[nH]1. The molecule has 2 N–H and O–H groups in total. The van der Waals surface area contributed by atoms with E-state index in [0.29, 0.717) is 5.56 Å². The van der Waals surface area contributed by atoms with Crippen molar-refractivity contribution in [2.24, 2.45) is 0 Å². The van der Waals surface area contributed by atoms with Crippen LogP contribution in [0.4, 0.5) is 5.69 Å². The zero-order chi connectivity index (χ0) is 15.1. The van der Waals surface area contributed by atoms with Gasteiger partial charge in [-0.25, -0.2) is 4.98 Å². The number of hydrogen-bond donors (Lipinski definition) is 2. The summed E-state index contributed by atoms with van der Waals surface area (Å²) in [6.07, 6.45) is 5.27. The Morgan fingerprint density at radius 3 is 3.09 bits per heavy atom. The molecule has 0 spiro atoms. The van der Waals surface area contributed by atoms with Crippen molar-refractivity contribution in [1.29, 1.82) is 0 Å². The van der Waals surface area contributed by atoms with Crippen LogP contribution in [-0.4, -0.2) is 20.3 Å². The predicted molar refractivity (Wildman–Crippen MR) is 86.2 cm³/mol. The Kier molecular flexibility index (Phi) is 2.72. The average molecular weight is 290 g/mol. The van der Waals surface area contributed by atoms with E-state index in [9.17, 15) is 4.79 Å². The van der Waals surface area contributed by atoms with E-state index in [0.717, 1.165) is 27.8 Å². The second-order valence-electron chi connectivity index (χ2n) is 5.31. The van der Waals surface area contributed by atoms with E-state index >= 15 is 0 Å². The minimum atomic E-state index is -0.130. The minimum absolute atomic E-state index is 0.130. The summed E-state index contributed by atoms with van der Waals surface area (Å²) in [5.74, 6) is -0.130. The van der Waals surface area contributed by atoms with Gasteiger partial charge >= 0.3 is 0 Å². The van der Waals surface area contributed by atoms with Gasteiger partial charge in [0.25, 0.3) is 5.91 Å². The van der Waals surface area contributed by atoms with Crippen LogP contribution in [0.25, 0.3) is 16.4 Å². The molecule has 0 unspecified atom stereocenters. The Morgan fingerprint density at radius 2 is 2.18 bits per heavy atom. The number of aryl methyl sites for hydroxylation is 1. The molecule has 5 nitrogen and oxygen atoms in total. The maximum Gasteiger partial charge on any atom is 0.255 e. The van der Waals surface area contributed by atoms with Gasteiger partial charge in [-0.05, 0) is 37.3 Å². The lowest BCUT2D eigenvalue weighted by molar-refractivity contribution is 0.102. The van der Waals surface area contributed by atoms with Gasteiger partial charge in [0.05, 0.1) is 23.7 Å². The summed E-state index contributed by atoms with van der Waals surface area (Å²) in [6.45, 7) is 2.00. The fourth-order valence-electron chi connectivity index (χ4n) is 2.66. The molecule has 4 rings (SSSR count). The lowest BCUT2D eigenvalue weighted by Gasteiger charge is -2.07. The highest BCUT2D eigenvalue weighted by atomic mass is 16.1. The number of nitrogens with one attached hydrogen (secondary N) is 2. The summed E-state index contributed by atoms with van der Waals surface area (Å²) in [6, 6.07) is 11.5. The number of benzene rings is 1. The second kappa shape index (κ2) is 4.73. The van der Waals surface area contributed by atoms with Gasteiger partial charge < -0.3 is 14.7 Å². The summed E-state index contributed by atoms with van der Waals surface area (Å²) in [5.41, 5.74) is 4.39. The van der Waals surface area contributed by atoms with E-state index in [-0.39, 0.29) is 5.91 Å². The van der Waals surface area contributed by atoms with Crippen LogP contribution in [0.5, 0.6) is 0 Å². The highest BCUT2D eigenvalue weighted by Crippen LogP contribution is 2.24. The third-order valence-electron chi connectivity index (χ3n) is 3.72. The first kappa shape index (κ1) is 12.6. The van der Waals surface area contributed by atoms with E-state index in [4.69, 9.17) is 0 Å². The maximum atomic E-state index is 12.5. The lowest BCUT2D eigenvalue weighted by atomic mass is 10.2. The van der Waals surface area contributed by atoms with Crippen LogP contribution in [-0.2, 0) is 0 Å². The number of amides is 1. The number of aromatic amines is 1. The first-order valence-electron chi connectivity index (χ1n) is 7.02.